The third-order valence-corrected chi connectivity index (χ3v) is 4.86. The zero-order valence-electron chi connectivity index (χ0n) is 17.2. The van der Waals surface area contributed by atoms with Gasteiger partial charge in [0.05, 0.1) is 13.3 Å². The van der Waals surface area contributed by atoms with E-state index in [1.54, 1.807) is 0 Å². The zero-order valence-corrected chi connectivity index (χ0v) is 17.2. The fourth-order valence-electron chi connectivity index (χ4n) is 3.18. The van der Waals surface area contributed by atoms with Crippen molar-refractivity contribution < 1.29 is 9.84 Å². The molecule has 3 heteroatoms. The molecule has 0 aliphatic rings. The van der Waals surface area contributed by atoms with E-state index in [1.807, 2.05) is 0 Å². The first-order chi connectivity index (χ1) is 12.4. The van der Waals surface area contributed by atoms with Crippen molar-refractivity contribution in [2.75, 3.05) is 26.5 Å². The maximum atomic E-state index is 8.62. The Kier molecular flexibility index (Phi) is 23.8. The molecule has 0 saturated heterocycles. The molecular weight excluding hydrogens is 310 g/mol. The Bertz CT molecular complexity index is 202. The summed E-state index contributed by atoms with van der Waals surface area (Å²) < 4.78 is 5.33. The minimum atomic E-state index is 0.221. The standard InChI is InChI=1S/C22H47NO2/c1-2-3-4-5-6-7-8-9-10-11-12-13-14-15-16-17-19-23-22-25-21-18-20-24/h23-24H,2-22H2,1H3. The average molecular weight is 358 g/mol. The summed E-state index contributed by atoms with van der Waals surface area (Å²) >= 11 is 0. The molecule has 152 valence electrons. The van der Waals surface area contributed by atoms with Gasteiger partial charge in [-0.05, 0) is 19.4 Å². The highest BCUT2D eigenvalue weighted by Gasteiger charge is 1.95. The second-order valence-corrected chi connectivity index (χ2v) is 7.43. The molecule has 0 aromatic heterocycles. The molecule has 0 aliphatic heterocycles. The van der Waals surface area contributed by atoms with Crippen molar-refractivity contribution in [3.05, 3.63) is 0 Å². The summed E-state index contributed by atoms with van der Waals surface area (Å²) in [5.74, 6) is 0. The van der Waals surface area contributed by atoms with Gasteiger partial charge >= 0.3 is 0 Å². The lowest BCUT2D eigenvalue weighted by Gasteiger charge is -2.06. The molecule has 0 amide bonds. The van der Waals surface area contributed by atoms with Crippen LogP contribution in [0.3, 0.4) is 0 Å². The summed E-state index contributed by atoms with van der Waals surface area (Å²) in [5, 5.41) is 11.9. The van der Waals surface area contributed by atoms with Crippen molar-refractivity contribution in [2.24, 2.45) is 0 Å². The van der Waals surface area contributed by atoms with Crippen LogP contribution in [-0.4, -0.2) is 31.6 Å². The molecule has 0 aromatic carbocycles. The molecule has 0 unspecified atom stereocenters. The molecule has 0 aromatic rings. The molecule has 0 spiro atoms. The highest BCUT2D eigenvalue weighted by Crippen LogP contribution is 2.13. The minimum Gasteiger partial charge on any atom is -0.396 e. The Hall–Kier alpha value is -0.120. The minimum absolute atomic E-state index is 0.221. The van der Waals surface area contributed by atoms with E-state index < -0.39 is 0 Å². The largest absolute Gasteiger partial charge is 0.396 e. The molecule has 0 heterocycles. The molecule has 0 atom stereocenters. The van der Waals surface area contributed by atoms with Crippen LogP contribution < -0.4 is 5.32 Å². The molecule has 0 rings (SSSR count). The third-order valence-electron chi connectivity index (χ3n) is 4.86. The molecule has 0 aliphatic carbocycles. The van der Waals surface area contributed by atoms with Crippen LogP contribution in [0.25, 0.3) is 0 Å². The number of unbranched alkanes of at least 4 members (excludes halogenated alkanes) is 15. The van der Waals surface area contributed by atoms with Crippen LogP contribution in [0, 0.1) is 0 Å². The van der Waals surface area contributed by atoms with Crippen molar-refractivity contribution in [1.82, 2.24) is 5.32 Å². The number of nitrogens with one attached hydrogen (secondary N) is 1. The summed E-state index contributed by atoms with van der Waals surface area (Å²) in [5.41, 5.74) is 0. The lowest BCUT2D eigenvalue weighted by molar-refractivity contribution is 0.101. The van der Waals surface area contributed by atoms with Crippen LogP contribution in [0.5, 0.6) is 0 Å². The molecular formula is C22H47NO2. The van der Waals surface area contributed by atoms with Crippen molar-refractivity contribution in [3.8, 4) is 0 Å². The SMILES string of the molecule is CCCCCCCCCCCCCCCCCCNCOCCCO. The van der Waals surface area contributed by atoms with E-state index in [0.29, 0.717) is 13.3 Å². The van der Waals surface area contributed by atoms with E-state index in [-0.39, 0.29) is 6.61 Å². The summed E-state index contributed by atoms with van der Waals surface area (Å²) in [6.45, 7) is 4.84. The van der Waals surface area contributed by atoms with Crippen molar-refractivity contribution in [2.45, 2.75) is 116 Å². The van der Waals surface area contributed by atoms with Gasteiger partial charge in [-0.15, -0.1) is 0 Å². The van der Waals surface area contributed by atoms with Gasteiger partial charge in [-0.25, -0.2) is 0 Å². The van der Waals surface area contributed by atoms with Gasteiger partial charge in [-0.1, -0.05) is 103 Å². The molecule has 0 bridgehead atoms. The predicted molar refractivity (Wildman–Crippen MR) is 110 cm³/mol. The molecule has 0 fully saturated rings. The Morgan fingerprint density at radius 1 is 0.600 bits per heavy atom. The smallest absolute Gasteiger partial charge is 0.0965 e. The van der Waals surface area contributed by atoms with E-state index in [1.165, 1.54) is 103 Å². The van der Waals surface area contributed by atoms with Gasteiger partial charge in [-0.2, -0.15) is 0 Å². The van der Waals surface area contributed by atoms with Gasteiger partial charge in [-0.3, -0.25) is 5.32 Å². The average Bonchev–Trinajstić information content (AvgIpc) is 2.63. The second kappa shape index (κ2) is 23.9. The van der Waals surface area contributed by atoms with Gasteiger partial charge in [0, 0.05) is 6.61 Å². The molecule has 0 saturated carbocycles. The number of hydrogen-bond donors (Lipinski definition) is 2. The number of aliphatic hydroxyl groups excluding tert-OH is 1. The van der Waals surface area contributed by atoms with E-state index in [2.05, 4.69) is 12.2 Å². The Morgan fingerprint density at radius 3 is 1.48 bits per heavy atom. The van der Waals surface area contributed by atoms with E-state index in [9.17, 15) is 0 Å². The molecule has 2 N–H and O–H groups in total. The highest BCUT2D eigenvalue weighted by molar-refractivity contribution is 4.50. The van der Waals surface area contributed by atoms with Gasteiger partial charge in [0.2, 0.25) is 0 Å². The topological polar surface area (TPSA) is 41.5 Å². The second-order valence-electron chi connectivity index (χ2n) is 7.43. The quantitative estimate of drug-likeness (QED) is 0.179. The van der Waals surface area contributed by atoms with Crippen LogP contribution in [0.15, 0.2) is 0 Å². The van der Waals surface area contributed by atoms with Crippen LogP contribution in [0.1, 0.15) is 116 Å². The van der Waals surface area contributed by atoms with Crippen LogP contribution in [-0.2, 0) is 4.74 Å². The van der Waals surface area contributed by atoms with E-state index >= 15 is 0 Å². The highest BCUT2D eigenvalue weighted by atomic mass is 16.5. The summed E-state index contributed by atoms with van der Waals surface area (Å²) in [4.78, 5) is 0. The maximum Gasteiger partial charge on any atom is 0.0965 e. The maximum absolute atomic E-state index is 8.62. The van der Waals surface area contributed by atoms with E-state index in [4.69, 9.17) is 9.84 Å². The number of rotatable bonds is 22. The normalized spacial score (nSPS) is 11.3. The lowest BCUT2D eigenvalue weighted by Crippen LogP contribution is -2.19. The Labute approximate surface area is 158 Å². The van der Waals surface area contributed by atoms with Gasteiger partial charge in [0.15, 0.2) is 0 Å². The van der Waals surface area contributed by atoms with Crippen LogP contribution in [0.4, 0.5) is 0 Å². The Morgan fingerprint density at radius 2 is 1.04 bits per heavy atom. The fraction of sp³-hybridized carbons (Fsp3) is 1.00. The molecule has 0 radical (unpaired) electrons. The fourth-order valence-corrected chi connectivity index (χ4v) is 3.18. The van der Waals surface area contributed by atoms with Gasteiger partial charge in [0.1, 0.15) is 0 Å². The monoisotopic (exact) mass is 357 g/mol. The first-order valence-corrected chi connectivity index (χ1v) is 11.3. The van der Waals surface area contributed by atoms with Crippen LogP contribution in [0.2, 0.25) is 0 Å². The summed E-state index contributed by atoms with van der Waals surface area (Å²) in [6, 6.07) is 0. The molecule has 25 heavy (non-hydrogen) atoms. The summed E-state index contributed by atoms with van der Waals surface area (Å²) in [7, 11) is 0. The van der Waals surface area contributed by atoms with Crippen LogP contribution >= 0.6 is 0 Å². The zero-order chi connectivity index (χ0) is 18.3. The first kappa shape index (κ1) is 24.9. The van der Waals surface area contributed by atoms with Crippen molar-refractivity contribution in [1.29, 1.82) is 0 Å². The molecule has 3 nitrogen and oxygen atoms in total. The van der Waals surface area contributed by atoms with Gasteiger partial charge < -0.3 is 9.84 Å². The number of aliphatic hydroxyl groups is 1. The van der Waals surface area contributed by atoms with Crippen molar-refractivity contribution >= 4 is 0 Å². The Balaban J connectivity index is 2.94. The first-order valence-electron chi connectivity index (χ1n) is 11.3. The number of ether oxygens (including phenoxy) is 1. The summed E-state index contributed by atoms with van der Waals surface area (Å²) in [6.07, 6.45) is 23.4. The number of hydrogen-bond acceptors (Lipinski definition) is 3. The lowest BCUT2D eigenvalue weighted by atomic mass is 10.0. The van der Waals surface area contributed by atoms with E-state index in [0.717, 1.165) is 13.0 Å². The van der Waals surface area contributed by atoms with Gasteiger partial charge in [0.25, 0.3) is 0 Å². The predicted octanol–water partition coefficient (Wildman–Crippen LogP) is 6.19. The third kappa shape index (κ3) is 23.9. The van der Waals surface area contributed by atoms with Crippen molar-refractivity contribution in [3.63, 3.8) is 0 Å².